The summed E-state index contributed by atoms with van der Waals surface area (Å²) in [5.41, 5.74) is 0. The summed E-state index contributed by atoms with van der Waals surface area (Å²) in [4.78, 5) is 12.5. The molecule has 0 aromatic rings. The average molecular weight is 774 g/mol. The van der Waals surface area contributed by atoms with Crippen molar-refractivity contribution in [2.75, 3.05) is 6.61 Å². The number of carbonyl (C=O) groups excluding carboxylic acids is 1. The number of unbranched alkanes of at least 4 members (excludes halogenated alkanes) is 31. The zero-order chi connectivity index (χ0) is 40.1. The second-order valence-corrected chi connectivity index (χ2v) is 16.7. The van der Waals surface area contributed by atoms with Gasteiger partial charge in [0.2, 0.25) is 5.91 Å². The molecule has 0 rings (SSSR count). The summed E-state index contributed by atoms with van der Waals surface area (Å²) in [5, 5.41) is 33.3. The van der Waals surface area contributed by atoms with Gasteiger partial charge in [-0.2, -0.15) is 0 Å². The van der Waals surface area contributed by atoms with Crippen molar-refractivity contribution in [3.63, 3.8) is 0 Å². The van der Waals surface area contributed by atoms with E-state index in [1.54, 1.807) is 6.08 Å². The smallest absolute Gasteiger partial charge is 0.222 e. The van der Waals surface area contributed by atoms with E-state index in [4.69, 9.17) is 0 Å². The van der Waals surface area contributed by atoms with E-state index in [0.717, 1.165) is 32.1 Å². The maximum absolute atomic E-state index is 12.5. The third-order valence-corrected chi connectivity index (χ3v) is 11.1. The molecular formula is C50H95NO4. The first-order valence-electron chi connectivity index (χ1n) is 24.3. The first-order chi connectivity index (χ1) is 27.0. The lowest BCUT2D eigenvalue weighted by molar-refractivity contribution is -0.124. The van der Waals surface area contributed by atoms with Gasteiger partial charge >= 0.3 is 0 Å². The summed E-state index contributed by atoms with van der Waals surface area (Å²) in [6, 6.07) is -0.761. The van der Waals surface area contributed by atoms with Gasteiger partial charge in [0.05, 0.1) is 31.3 Å². The van der Waals surface area contributed by atoms with Gasteiger partial charge in [-0.3, -0.25) is 4.79 Å². The number of amides is 1. The van der Waals surface area contributed by atoms with Gasteiger partial charge in [0.1, 0.15) is 0 Å². The molecule has 1 amide bonds. The van der Waals surface area contributed by atoms with Crippen LogP contribution < -0.4 is 5.32 Å². The quantitative estimate of drug-likeness (QED) is 0.0367. The van der Waals surface area contributed by atoms with E-state index < -0.39 is 18.2 Å². The number of aliphatic hydroxyl groups excluding tert-OH is 3. The highest BCUT2D eigenvalue weighted by molar-refractivity contribution is 5.76. The lowest BCUT2D eigenvalue weighted by atomic mass is 10.0. The highest BCUT2D eigenvalue weighted by atomic mass is 16.3. The molecule has 0 spiro atoms. The molecule has 0 aliphatic heterocycles. The molecule has 0 saturated carbocycles. The predicted octanol–water partition coefficient (Wildman–Crippen LogP) is 14.3. The fraction of sp³-hybridized carbons (Fsp3) is 0.860. The number of hydrogen-bond donors (Lipinski definition) is 4. The molecule has 0 fully saturated rings. The minimum Gasteiger partial charge on any atom is -0.394 e. The van der Waals surface area contributed by atoms with Gasteiger partial charge in [0, 0.05) is 0 Å². The predicted molar refractivity (Wildman–Crippen MR) is 241 cm³/mol. The zero-order valence-electron chi connectivity index (χ0n) is 36.8. The van der Waals surface area contributed by atoms with E-state index >= 15 is 0 Å². The van der Waals surface area contributed by atoms with Crippen molar-refractivity contribution in [3.05, 3.63) is 36.5 Å². The van der Waals surface area contributed by atoms with Crippen LogP contribution in [0.4, 0.5) is 0 Å². The Morgan fingerprint density at radius 3 is 1.16 bits per heavy atom. The van der Waals surface area contributed by atoms with Gasteiger partial charge in [-0.15, -0.1) is 0 Å². The minimum absolute atomic E-state index is 0.00524. The SMILES string of the molecule is CCCCCCCCCCC/C=C/CC/C=C/C(O)C(CO)NC(=O)CC(O)CCCCCCCCCCC/C=C\CCCCCCCCCCCCCC. The van der Waals surface area contributed by atoms with Crippen LogP contribution in [0, 0.1) is 0 Å². The first-order valence-corrected chi connectivity index (χ1v) is 24.3. The van der Waals surface area contributed by atoms with Crippen LogP contribution >= 0.6 is 0 Å². The van der Waals surface area contributed by atoms with E-state index in [0.29, 0.717) is 6.42 Å². The average Bonchev–Trinajstić information content (AvgIpc) is 3.18. The van der Waals surface area contributed by atoms with Crippen LogP contribution in [0.3, 0.4) is 0 Å². The molecule has 5 nitrogen and oxygen atoms in total. The van der Waals surface area contributed by atoms with Crippen LogP contribution in [0.15, 0.2) is 36.5 Å². The molecule has 3 unspecified atom stereocenters. The minimum atomic E-state index is -0.951. The topological polar surface area (TPSA) is 89.8 Å². The molecule has 3 atom stereocenters. The number of allylic oxidation sites excluding steroid dienone is 5. The Balaban J connectivity index is 3.62. The van der Waals surface area contributed by atoms with Crippen molar-refractivity contribution in [2.45, 2.75) is 270 Å². The molecule has 0 bridgehead atoms. The third-order valence-electron chi connectivity index (χ3n) is 11.1. The third kappa shape index (κ3) is 42.0. The Labute approximate surface area is 343 Å². The maximum Gasteiger partial charge on any atom is 0.222 e. The van der Waals surface area contributed by atoms with Crippen molar-refractivity contribution in [2.24, 2.45) is 0 Å². The number of carbonyl (C=O) groups is 1. The van der Waals surface area contributed by atoms with E-state index in [2.05, 4.69) is 43.5 Å². The van der Waals surface area contributed by atoms with Gasteiger partial charge in [-0.25, -0.2) is 0 Å². The Hall–Kier alpha value is -1.43. The maximum atomic E-state index is 12.5. The fourth-order valence-electron chi connectivity index (χ4n) is 7.41. The fourth-order valence-corrected chi connectivity index (χ4v) is 7.41. The normalized spacial score (nSPS) is 13.8. The first kappa shape index (κ1) is 53.6. The Kier molecular flexibility index (Phi) is 44.1. The van der Waals surface area contributed by atoms with Crippen molar-refractivity contribution < 1.29 is 20.1 Å². The second-order valence-electron chi connectivity index (χ2n) is 16.7. The Morgan fingerprint density at radius 1 is 0.455 bits per heavy atom. The molecule has 0 aliphatic carbocycles. The van der Waals surface area contributed by atoms with Crippen LogP contribution in [0.25, 0.3) is 0 Å². The van der Waals surface area contributed by atoms with Gasteiger partial charge in [-0.05, 0) is 57.8 Å². The van der Waals surface area contributed by atoms with E-state index in [1.807, 2.05) is 6.08 Å². The van der Waals surface area contributed by atoms with Crippen LogP contribution in [0.2, 0.25) is 0 Å². The number of rotatable bonds is 44. The van der Waals surface area contributed by atoms with Crippen molar-refractivity contribution in [3.8, 4) is 0 Å². The lowest BCUT2D eigenvalue weighted by Gasteiger charge is -2.21. The van der Waals surface area contributed by atoms with Gasteiger partial charge in [0.25, 0.3) is 0 Å². The van der Waals surface area contributed by atoms with Crippen molar-refractivity contribution in [1.82, 2.24) is 5.32 Å². The highest BCUT2D eigenvalue weighted by Gasteiger charge is 2.20. The van der Waals surface area contributed by atoms with E-state index in [-0.39, 0.29) is 18.9 Å². The molecule has 0 heterocycles. The summed E-state index contributed by atoms with van der Waals surface area (Å²) < 4.78 is 0. The standard InChI is InChI=1S/C50H95NO4/c1-3-5-7-9-11-13-15-17-19-20-21-22-23-24-25-26-27-28-30-31-33-35-37-39-41-43-47(53)45-50(55)51-48(46-52)49(54)44-42-40-38-36-34-32-29-18-16-14-12-10-8-6-4-2/h24-25,34,36,42,44,47-49,52-54H,3-23,26-33,35,37-41,43,45-46H2,1-2H3,(H,51,55)/b25-24-,36-34+,44-42+. The van der Waals surface area contributed by atoms with E-state index in [9.17, 15) is 20.1 Å². The molecule has 0 aromatic heterocycles. The van der Waals surface area contributed by atoms with Crippen molar-refractivity contribution in [1.29, 1.82) is 0 Å². The summed E-state index contributed by atoms with van der Waals surface area (Å²) in [6.45, 7) is 4.21. The molecule has 4 N–H and O–H groups in total. The number of nitrogens with one attached hydrogen (secondary N) is 1. The molecular weight excluding hydrogens is 679 g/mol. The largest absolute Gasteiger partial charge is 0.394 e. The van der Waals surface area contributed by atoms with Crippen molar-refractivity contribution >= 4 is 5.91 Å². The summed E-state index contributed by atoms with van der Waals surface area (Å²) >= 11 is 0. The van der Waals surface area contributed by atoms with Crippen LogP contribution in [0.5, 0.6) is 0 Å². The highest BCUT2D eigenvalue weighted by Crippen LogP contribution is 2.15. The second kappa shape index (κ2) is 45.3. The Morgan fingerprint density at radius 2 is 0.782 bits per heavy atom. The number of hydrogen-bond acceptors (Lipinski definition) is 4. The molecule has 55 heavy (non-hydrogen) atoms. The van der Waals surface area contributed by atoms with Crippen LogP contribution in [-0.4, -0.2) is 46.1 Å². The van der Waals surface area contributed by atoms with E-state index in [1.165, 1.54) is 193 Å². The molecule has 0 aromatic carbocycles. The Bertz CT molecular complexity index is 855. The van der Waals surface area contributed by atoms with Gasteiger partial charge in [-0.1, -0.05) is 224 Å². The van der Waals surface area contributed by atoms with Crippen LogP contribution in [0.1, 0.15) is 251 Å². The molecule has 0 aliphatic rings. The van der Waals surface area contributed by atoms with Crippen LogP contribution in [-0.2, 0) is 4.79 Å². The zero-order valence-corrected chi connectivity index (χ0v) is 36.8. The molecule has 5 heteroatoms. The van der Waals surface area contributed by atoms with Gasteiger partial charge < -0.3 is 20.6 Å². The summed E-state index contributed by atoms with van der Waals surface area (Å²) in [5.74, 6) is -0.325. The monoisotopic (exact) mass is 774 g/mol. The summed E-state index contributed by atoms with van der Waals surface area (Å²) in [7, 11) is 0. The van der Waals surface area contributed by atoms with Gasteiger partial charge in [0.15, 0.2) is 0 Å². The summed E-state index contributed by atoms with van der Waals surface area (Å²) in [6.07, 6.45) is 57.3. The molecule has 324 valence electrons. The molecule has 0 saturated heterocycles. The molecule has 0 radical (unpaired) electrons. The lowest BCUT2D eigenvalue weighted by Crippen LogP contribution is -2.45. The number of aliphatic hydroxyl groups is 3.